The van der Waals surface area contributed by atoms with Gasteiger partial charge in [-0.15, -0.1) is 0 Å². The van der Waals surface area contributed by atoms with Gasteiger partial charge in [0.15, 0.2) is 0 Å². The van der Waals surface area contributed by atoms with Gasteiger partial charge < -0.3 is 0 Å². The van der Waals surface area contributed by atoms with Crippen molar-refractivity contribution in [3.05, 3.63) is 144 Å². The van der Waals surface area contributed by atoms with E-state index in [0.717, 1.165) is 21.8 Å². The molecule has 2 heteroatoms. The molecule has 7 aromatic rings. The van der Waals surface area contributed by atoms with E-state index < -0.39 is 0 Å². The zero-order valence-corrected chi connectivity index (χ0v) is 21.2. The fourth-order valence-corrected chi connectivity index (χ4v) is 6.06. The van der Waals surface area contributed by atoms with Crippen LogP contribution in [0.2, 0.25) is 0 Å². The van der Waals surface area contributed by atoms with E-state index in [1.807, 2.05) is 12.1 Å². The van der Waals surface area contributed by atoms with Gasteiger partial charge in [-0.1, -0.05) is 103 Å². The first-order valence-electron chi connectivity index (χ1n) is 13.4. The van der Waals surface area contributed by atoms with Crippen LogP contribution in [0.15, 0.2) is 128 Å². The molecule has 5 aromatic carbocycles. The van der Waals surface area contributed by atoms with Crippen LogP contribution in [0.4, 0.5) is 0 Å². The summed E-state index contributed by atoms with van der Waals surface area (Å²) in [5.74, 6) is 0.664. The molecule has 0 aliphatic heterocycles. The summed E-state index contributed by atoms with van der Waals surface area (Å²) in [6, 6.07) is 41.2. The van der Waals surface area contributed by atoms with E-state index >= 15 is 0 Å². The van der Waals surface area contributed by atoms with Gasteiger partial charge in [0.2, 0.25) is 0 Å². The second kappa shape index (κ2) is 9.72. The van der Waals surface area contributed by atoms with Crippen molar-refractivity contribution < 1.29 is 0 Å². The lowest BCUT2D eigenvalue weighted by Crippen LogP contribution is -2.13. The maximum absolute atomic E-state index is 4.35. The van der Waals surface area contributed by atoms with Crippen LogP contribution in [0.1, 0.15) is 29.0 Å². The van der Waals surface area contributed by atoms with Gasteiger partial charge in [0.25, 0.3) is 0 Å². The van der Waals surface area contributed by atoms with E-state index in [1.54, 1.807) is 18.0 Å². The highest BCUT2D eigenvalue weighted by Crippen LogP contribution is 2.38. The third-order valence-electron chi connectivity index (χ3n) is 7.96. The molecule has 1 aliphatic rings. The largest absolute Gasteiger partial charge is 0.254 e. The monoisotopic (exact) mass is 488 g/mol. The molecule has 0 N–H and O–H groups in total. The Morgan fingerprint density at radius 3 is 1.89 bits per heavy atom. The van der Waals surface area contributed by atoms with Crippen LogP contribution < -0.4 is 0 Å². The molecule has 38 heavy (non-hydrogen) atoms. The van der Waals surface area contributed by atoms with Crippen molar-refractivity contribution in [2.75, 3.05) is 0 Å². The van der Waals surface area contributed by atoms with Crippen LogP contribution in [-0.2, 0) is 12.8 Å². The van der Waals surface area contributed by atoms with Gasteiger partial charge in [0.1, 0.15) is 0 Å². The van der Waals surface area contributed by atoms with Crippen molar-refractivity contribution in [3.8, 4) is 0 Å². The van der Waals surface area contributed by atoms with Crippen molar-refractivity contribution in [2.45, 2.75) is 25.2 Å². The molecule has 0 bridgehead atoms. The van der Waals surface area contributed by atoms with Crippen LogP contribution >= 0.6 is 0 Å². The lowest BCUT2D eigenvalue weighted by atomic mass is 9.78. The summed E-state index contributed by atoms with van der Waals surface area (Å²) in [5.41, 5.74) is 6.56. The topological polar surface area (TPSA) is 25.8 Å². The summed E-state index contributed by atoms with van der Waals surface area (Å²) >= 11 is 0. The number of aryl methyl sites for hydroxylation is 1. The molecule has 2 nitrogen and oxygen atoms in total. The minimum atomic E-state index is 0.664. The molecule has 0 amide bonds. The molecule has 8 rings (SSSR count). The van der Waals surface area contributed by atoms with Crippen LogP contribution in [0.3, 0.4) is 0 Å². The Labute approximate surface area is 222 Å². The number of hydrogen-bond acceptors (Lipinski definition) is 2. The maximum atomic E-state index is 4.35. The Hall–Kier alpha value is -4.56. The third-order valence-corrected chi connectivity index (χ3v) is 7.96. The Morgan fingerprint density at radius 2 is 1.13 bits per heavy atom. The molecular weight excluding hydrogens is 460 g/mol. The van der Waals surface area contributed by atoms with E-state index in [1.165, 1.54) is 51.9 Å². The first-order valence-corrected chi connectivity index (χ1v) is 13.4. The van der Waals surface area contributed by atoms with Crippen LogP contribution in [-0.4, -0.2) is 9.97 Å². The standard InChI is InChI=1S/C24H20.C12H8N2/c1-2-6-17(7-3-1)19-11-13-22-20(16-19)12-15-23-21-9-5-4-8-18(21)10-14-24(22)23;1-3-9-5-6-10-4-2-8-14-12(10)11(9)13-7-1/h1-10,12,14-15,19H,11,13,16H2;1-8H. The van der Waals surface area contributed by atoms with E-state index in [4.69, 9.17) is 0 Å². The molecule has 2 heterocycles. The van der Waals surface area contributed by atoms with Crippen molar-refractivity contribution in [1.82, 2.24) is 9.97 Å². The second-order valence-corrected chi connectivity index (χ2v) is 10.2. The van der Waals surface area contributed by atoms with E-state index in [0.29, 0.717) is 5.92 Å². The minimum Gasteiger partial charge on any atom is -0.254 e. The maximum Gasteiger partial charge on any atom is 0.0964 e. The van der Waals surface area contributed by atoms with Crippen LogP contribution in [0.5, 0.6) is 0 Å². The van der Waals surface area contributed by atoms with E-state index in [9.17, 15) is 0 Å². The predicted molar refractivity (Wildman–Crippen MR) is 160 cm³/mol. The molecule has 0 spiro atoms. The number of pyridine rings is 2. The summed E-state index contributed by atoms with van der Waals surface area (Å²) < 4.78 is 0. The van der Waals surface area contributed by atoms with E-state index in [2.05, 4.69) is 113 Å². The van der Waals surface area contributed by atoms with Gasteiger partial charge in [-0.2, -0.15) is 0 Å². The van der Waals surface area contributed by atoms with Gasteiger partial charge in [-0.25, -0.2) is 0 Å². The Kier molecular flexibility index (Phi) is 5.79. The molecule has 2 aromatic heterocycles. The molecule has 0 radical (unpaired) electrons. The lowest BCUT2D eigenvalue weighted by Gasteiger charge is -2.26. The zero-order chi connectivity index (χ0) is 25.3. The van der Waals surface area contributed by atoms with Gasteiger partial charge in [-0.05, 0) is 75.5 Å². The first-order chi connectivity index (χ1) is 18.8. The highest BCUT2D eigenvalue weighted by atomic mass is 14.7. The Bertz CT molecular complexity index is 1850. The fourth-order valence-electron chi connectivity index (χ4n) is 6.06. The van der Waals surface area contributed by atoms with Crippen molar-refractivity contribution >= 4 is 43.4 Å². The molecule has 182 valence electrons. The van der Waals surface area contributed by atoms with Crippen molar-refractivity contribution in [2.24, 2.45) is 0 Å². The number of fused-ring (bicyclic) bond motifs is 8. The smallest absolute Gasteiger partial charge is 0.0964 e. The van der Waals surface area contributed by atoms with Crippen LogP contribution in [0, 0.1) is 0 Å². The highest BCUT2D eigenvalue weighted by molar-refractivity contribution is 6.08. The third kappa shape index (κ3) is 4.09. The second-order valence-electron chi connectivity index (χ2n) is 10.2. The van der Waals surface area contributed by atoms with E-state index in [-0.39, 0.29) is 0 Å². The number of rotatable bonds is 1. The van der Waals surface area contributed by atoms with Gasteiger partial charge in [0, 0.05) is 23.2 Å². The lowest BCUT2D eigenvalue weighted by molar-refractivity contribution is 0.588. The summed E-state index contributed by atoms with van der Waals surface area (Å²) in [6.07, 6.45) is 7.21. The summed E-state index contributed by atoms with van der Waals surface area (Å²) in [4.78, 5) is 8.69. The van der Waals surface area contributed by atoms with Gasteiger partial charge >= 0.3 is 0 Å². The quantitative estimate of drug-likeness (QED) is 0.215. The molecule has 1 atom stereocenters. The summed E-state index contributed by atoms with van der Waals surface area (Å²) in [7, 11) is 0. The van der Waals surface area contributed by atoms with Gasteiger partial charge in [-0.3, -0.25) is 9.97 Å². The predicted octanol–water partition coefficient (Wildman–Crippen LogP) is 9.05. The Balaban J connectivity index is 0.000000147. The molecule has 1 aliphatic carbocycles. The number of aromatic nitrogens is 2. The average Bonchev–Trinajstić information content (AvgIpc) is 3.01. The van der Waals surface area contributed by atoms with Gasteiger partial charge in [0.05, 0.1) is 11.0 Å². The summed E-state index contributed by atoms with van der Waals surface area (Å²) in [6.45, 7) is 0. The molecule has 1 unspecified atom stereocenters. The van der Waals surface area contributed by atoms with Crippen LogP contribution in [0.25, 0.3) is 43.4 Å². The number of hydrogen-bond donors (Lipinski definition) is 0. The summed E-state index contributed by atoms with van der Waals surface area (Å²) in [5, 5.41) is 7.85. The highest BCUT2D eigenvalue weighted by Gasteiger charge is 2.21. The molecule has 0 saturated heterocycles. The molecular formula is C36H28N2. The zero-order valence-electron chi connectivity index (χ0n) is 21.2. The molecule has 0 saturated carbocycles. The number of nitrogens with zero attached hydrogens (tertiary/aromatic N) is 2. The SMILES string of the molecule is c1ccc(C2CCc3c(ccc4c3ccc3ccccc34)C2)cc1.c1cnc2c(c1)ccc1cccnc12. The van der Waals surface area contributed by atoms with Crippen molar-refractivity contribution in [1.29, 1.82) is 0 Å². The Morgan fingerprint density at radius 1 is 0.500 bits per heavy atom. The first kappa shape index (κ1) is 22.6. The fraction of sp³-hybridized carbons (Fsp3) is 0.111. The normalized spacial score (nSPS) is 14.8. The number of benzene rings is 5. The molecule has 0 fully saturated rings. The minimum absolute atomic E-state index is 0.664. The van der Waals surface area contributed by atoms with Crippen molar-refractivity contribution in [3.63, 3.8) is 0 Å². The average molecular weight is 489 g/mol.